The van der Waals surface area contributed by atoms with Crippen molar-refractivity contribution in [1.29, 1.82) is 0 Å². The van der Waals surface area contributed by atoms with E-state index in [0.717, 1.165) is 20.3 Å². The summed E-state index contributed by atoms with van der Waals surface area (Å²) in [6.07, 6.45) is 0.0226. The quantitative estimate of drug-likeness (QED) is 0.568. The first-order valence-electron chi connectivity index (χ1n) is 9.98. The van der Waals surface area contributed by atoms with Crippen LogP contribution in [0.1, 0.15) is 23.1 Å². The van der Waals surface area contributed by atoms with Gasteiger partial charge >= 0.3 is 0 Å². The fraction of sp³-hybridized carbons (Fsp3) is 0.273. The molecule has 1 aliphatic heterocycles. The van der Waals surface area contributed by atoms with E-state index in [1.807, 2.05) is 19.1 Å². The van der Waals surface area contributed by atoms with E-state index in [4.69, 9.17) is 0 Å². The fourth-order valence-electron chi connectivity index (χ4n) is 3.48. The number of rotatable bonds is 6. The van der Waals surface area contributed by atoms with Gasteiger partial charge < -0.3 is 15.5 Å². The SMILES string of the molecule is CC(=O)NCc1ccc(-c2nc(NC(=O)C3CC(=O)N(c4ccccc4F)C3)sc2C)s1. The lowest BCUT2D eigenvalue weighted by atomic mass is 10.1. The van der Waals surface area contributed by atoms with E-state index < -0.39 is 11.7 Å². The number of para-hydroxylation sites is 1. The number of nitrogens with one attached hydrogen (secondary N) is 2. The molecular weight excluding hydrogens is 451 g/mol. The van der Waals surface area contributed by atoms with Crippen molar-refractivity contribution in [3.05, 3.63) is 52.0 Å². The van der Waals surface area contributed by atoms with E-state index in [1.54, 1.807) is 12.1 Å². The highest BCUT2D eigenvalue weighted by atomic mass is 32.1. The number of thiazole rings is 1. The minimum atomic E-state index is -0.583. The number of amides is 3. The molecule has 1 aromatic carbocycles. The van der Waals surface area contributed by atoms with Crippen LogP contribution in [0.15, 0.2) is 36.4 Å². The summed E-state index contributed by atoms with van der Waals surface area (Å²) in [5.41, 5.74) is 0.966. The van der Waals surface area contributed by atoms with Gasteiger partial charge in [0, 0.05) is 29.6 Å². The number of hydrogen-bond acceptors (Lipinski definition) is 6. The largest absolute Gasteiger partial charge is 0.351 e. The topological polar surface area (TPSA) is 91.4 Å². The van der Waals surface area contributed by atoms with Crippen molar-refractivity contribution in [3.8, 4) is 10.6 Å². The van der Waals surface area contributed by atoms with Gasteiger partial charge in [-0.25, -0.2) is 9.37 Å². The second-order valence-corrected chi connectivity index (χ2v) is 9.82. The molecule has 1 atom stereocenters. The number of carbonyl (C=O) groups is 3. The first-order valence-corrected chi connectivity index (χ1v) is 11.6. The Balaban J connectivity index is 1.43. The predicted octanol–water partition coefficient (Wildman–Crippen LogP) is 3.95. The van der Waals surface area contributed by atoms with E-state index >= 15 is 0 Å². The molecule has 0 bridgehead atoms. The second-order valence-electron chi connectivity index (χ2n) is 7.45. The molecule has 0 saturated carbocycles. The van der Waals surface area contributed by atoms with Gasteiger partial charge in [-0.2, -0.15) is 0 Å². The van der Waals surface area contributed by atoms with Crippen LogP contribution in [0.25, 0.3) is 10.6 Å². The van der Waals surface area contributed by atoms with Crippen molar-refractivity contribution in [2.45, 2.75) is 26.8 Å². The van der Waals surface area contributed by atoms with Crippen molar-refractivity contribution in [2.75, 3.05) is 16.8 Å². The maximum Gasteiger partial charge on any atom is 0.231 e. The normalized spacial score (nSPS) is 15.8. The molecule has 0 aliphatic carbocycles. The molecule has 0 radical (unpaired) electrons. The monoisotopic (exact) mass is 472 g/mol. The van der Waals surface area contributed by atoms with Crippen LogP contribution in [0.5, 0.6) is 0 Å². The summed E-state index contributed by atoms with van der Waals surface area (Å²) in [7, 11) is 0. The maximum absolute atomic E-state index is 14.1. The molecule has 1 fully saturated rings. The van der Waals surface area contributed by atoms with Crippen molar-refractivity contribution >= 4 is 51.2 Å². The standard InChI is InChI=1S/C22H21FN4O3S2/c1-12-20(18-8-7-15(32-18)10-24-13(2)28)25-22(31-12)26-21(30)14-9-19(29)27(11-14)17-6-4-3-5-16(17)23/h3-8,14H,9-11H2,1-2H3,(H,24,28)(H,25,26,30). The molecule has 0 spiro atoms. The summed E-state index contributed by atoms with van der Waals surface area (Å²) in [6.45, 7) is 3.98. The van der Waals surface area contributed by atoms with Gasteiger partial charge in [0.25, 0.3) is 0 Å². The Labute approximate surface area is 192 Å². The Hall–Kier alpha value is -3.11. The predicted molar refractivity (Wildman–Crippen MR) is 123 cm³/mol. The third kappa shape index (κ3) is 4.71. The number of thiophene rings is 1. The van der Waals surface area contributed by atoms with Gasteiger partial charge in [-0.1, -0.05) is 12.1 Å². The molecule has 4 rings (SSSR count). The molecule has 7 nitrogen and oxygen atoms in total. The van der Waals surface area contributed by atoms with E-state index in [1.165, 1.54) is 46.6 Å². The molecule has 3 heterocycles. The van der Waals surface area contributed by atoms with Gasteiger partial charge in [0.2, 0.25) is 17.7 Å². The highest BCUT2D eigenvalue weighted by Crippen LogP contribution is 2.35. The van der Waals surface area contributed by atoms with Gasteiger partial charge in [-0.05, 0) is 31.2 Å². The second kappa shape index (κ2) is 9.17. The average Bonchev–Trinajstić information content (AvgIpc) is 3.45. The van der Waals surface area contributed by atoms with E-state index in [-0.39, 0.29) is 36.4 Å². The van der Waals surface area contributed by atoms with Gasteiger partial charge in [-0.3, -0.25) is 14.4 Å². The zero-order chi connectivity index (χ0) is 22.8. The third-order valence-corrected chi connectivity index (χ3v) is 7.05. The van der Waals surface area contributed by atoms with Crippen molar-refractivity contribution in [1.82, 2.24) is 10.3 Å². The first kappa shape index (κ1) is 22.1. The first-order chi connectivity index (χ1) is 15.3. The van der Waals surface area contributed by atoms with Gasteiger partial charge in [0.15, 0.2) is 5.13 Å². The molecule has 166 valence electrons. The molecule has 2 aromatic heterocycles. The maximum atomic E-state index is 14.1. The Kier molecular flexibility index (Phi) is 6.33. The van der Waals surface area contributed by atoms with Gasteiger partial charge in [0.1, 0.15) is 5.82 Å². The molecule has 2 N–H and O–H groups in total. The summed E-state index contributed by atoms with van der Waals surface area (Å²) >= 11 is 2.89. The zero-order valence-electron chi connectivity index (χ0n) is 17.5. The van der Waals surface area contributed by atoms with Crippen LogP contribution in [0.4, 0.5) is 15.2 Å². The summed E-state index contributed by atoms with van der Waals surface area (Å²) in [6, 6.07) is 9.92. The lowest BCUT2D eigenvalue weighted by molar-refractivity contribution is -0.122. The van der Waals surface area contributed by atoms with E-state index in [2.05, 4.69) is 15.6 Å². The number of aryl methyl sites for hydroxylation is 1. The summed E-state index contributed by atoms with van der Waals surface area (Å²) in [5, 5.41) is 6.03. The lowest BCUT2D eigenvalue weighted by Crippen LogP contribution is -2.28. The number of carbonyl (C=O) groups excluding carboxylic acids is 3. The number of nitrogens with zero attached hydrogens (tertiary/aromatic N) is 2. The molecule has 10 heteroatoms. The average molecular weight is 473 g/mol. The van der Waals surface area contributed by atoms with Crippen LogP contribution in [-0.2, 0) is 20.9 Å². The number of hydrogen-bond donors (Lipinski definition) is 2. The molecule has 1 saturated heterocycles. The van der Waals surface area contributed by atoms with Crippen LogP contribution in [0, 0.1) is 18.7 Å². The molecule has 1 unspecified atom stereocenters. The third-order valence-electron chi connectivity index (χ3n) is 5.07. The Morgan fingerprint density at radius 2 is 2.00 bits per heavy atom. The Bertz CT molecular complexity index is 1190. The zero-order valence-corrected chi connectivity index (χ0v) is 19.1. The van der Waals surface area contributed by atoms with Crippen LogP contribution in [0.2, 0.25) is 0 Å². The summed E-state index contributed by atoms with van der Waals surface area (Å²) < 4.78 is 14.1. The molecule has 3 aromatic rings. The smallest absolute Gasteiger partial charge is 0.231 e. The minimum Gasteiger partial charge on any atom is -0.351 e. The van der Waals surface area contributed by atoms with Gasteiger partial charge in [0.05, 0.1) is 28.7 Å². The highest BCUT2D eigenvalue weighted by molar-refractivity contribution is 7.18. The molecule has 32 heavy (non-hydrogen) atoms. The number of aromatic nitrogens is 1. The summed E-state index contributed by atoms with van der Waals surface area (Å²) in [4.78, 5) is 45.0. The highest BCUT2D eigenvalue weighted by Gasteiger charge is 2.36. The molecule has 3 amide bonds. The van der Waals surface area contributed by atoms with Crippen molar-refractivity contribution in [2.24, 2.45) is 5.92 Å². The minimum absolute atomic E-state index is 0.0226. The number of anilines is 2. The van der Waals surface area contributed by atoms with Crippen LogP contribution in [0.3, 0.4) is 0 Å². The van der Waals surface area contributed by atoms with Crippen molar-refractivity contribution < 1.29 is 18.8 Å². The molecule has 1 aliphatic rings. The van der Waals surface area contributed by atoms with Crippen LogP contribution < -0.4 is 15.5 Å². The number of benzene rings is 1. The lowest BCUT2D eigenvalue weighted by Gasteiger charge is -2.17. The Morgan fingerprint density at radius 1 is 1.22 bits per heavy atom. The fourth-order valence-corrected chi connectivity index (χ4v) is 5.37. The summed E-state index contributed by atoms with van der Waals surface area (Å²) in [5.74, 6) is -1.75. The van der Waals surface area contributed by atoms with Crippen molar-refractivity contribution in [3.63, 3.8) is 0 Å². The van der Waals surface area contributed by atoms with Gasteiger partial charge in [-0.15, -0.1) is 22.7 Å². The Morgan fingerprint density at radius 3 is 2.75 bits per heavy atom. The number of halogens is 1. The van der Waals surface area contributed by atoms with E-state index in [0.29, 0.717) is 11.7 Å². The van der Waals surface area contributed by atoms with Crippen LogP contribution >= 0.6 is 22.7 Å². The van der Waals surface area contributed by atoms with Crippen LogP contribution in [-0.4, -0.2) is 29.3 Å². The molecular formula is C22H21FN4O3S2. The van der Waals surface area contributed by atoms with E-state index in [9.17, 15) is 18.8 Å².